The molecule has 0 atom stereocenters. The number of carbonyl (C=O) groups excluding carboxylic acids is 1. The van der Waals surface area contributed by atoms with Crippen molar-refractivity contribution in [1.29, 1.82) is 0 Å². The third-order valence-electron chi connectivity index (χ3n) is 5.11. The van der Waals surface area contributed by atoms with E-state index in [1.807, 2.05) is 13.0 Å². The summed E-state index contributed by atoms with van der Waals surface area (Å²) in [4.78, 5) is 19.0. The number of nitrogens with one attached hydrogen (secondary N) is 2. The number of carbonyl (C=O) groups is 1. The van der Waals surface area contributed by atoms with Crippen LogP contribution in [0.5, 0.6) is 0 Å². The van der Waals surface area contributed by atoms with E-state index >= 15 is 0 Å². The maximum Gasteiger partial charge on any atom is 0.292 e. The molecule has 0 fully saturated rings. The molecule has 166 valence electrons. The summed E-state index contributed by atoms with van der Waals surface area (Å²) in [7, 11) is -3.97. The van der Waals surface area contributed by atoms with Crippen LogP contribution in [0.1, 0.15) is 45.8 Å². The molecule has 0 spiro atoms. The number of aromatic nitrogens is 1. The monoisotopic (exact) mass is 456 g/mol. The summed E-state index contributed by atoms with van der Waals surface area (Å²) in [5.74, 6) is 0.131. The highest BCUT2D eigenvalue weighted by molar-refractivity contribution is 7.89. The maximum atomic E-state index is 13.1. The zero-order valence-electron chi connectivity index (χ0n) is 17.5. The molecular formula is C22H21FN4O4S. The molecule has 2 heterocycles. The molecule has 0 bridgehead atoms. The summed E-state index contributed by atoms with van der Waals surface area (Å²) in [5, 5.41) is 6.81. The molecule has 0 saturated heterocycles. The molecule has 4 rings (SSSR count). The Morgan fingerprint density at radius 3 is 2.56 bits per heavy atom. The number of rotatable bonds is 5. The van der Waals surface area contributed by atoms with Crippen LogP contribution in [0, 0.1) is 19.7 Å². The number of benzene rings is 1. The van der Waals surface area contributed by atoms with E-state index in [0.717, 1.165) is 29.8 Å². The number of anilines is 1. The van der Waals surface area contributed by atoms with Gasteiger partial charge in [-0.15, -0.1) is 0 Å². The van der Waals surface area contributed by atoms with E-state index < -0.39 is 21.7 Å². The van der Waals surface area contributed by atoms with Crippen molar-refractivity contribution in [2.45, 2.75) is 38.0 Å². The molecule has 1 aromatic carbocycles. The Hall–Kier alpha value is -3.53. The van der Waals surface area contributed by atoms with Gasteiger partial charge in [-0.2, -0.15) is 18.4 Å². The van der Waals surface area contributed by atoms with E-state index in [2.05, 4.69) is 20.2 Å². The Bertz CT molecular complexity index is 1300. The molecule has 0 aliphatic heterocycles. The quantitative estimate of drug-likeness (QED) is 0.568. The number of aryl methyl sites for hydroxylation is 2. The lowest BCUT2D eigenvalue weighted by molar-refractivity contribution is 0.0993. The predicted molar refractivity (Wildman–Crippen MR) is 117 cm³/mol. The van der Waals surface area contributed by atoms with Gasteiger partial charge in [-0.05, 0) is 62.6 Å². The van der Waals surface area contributed by atoms with E-state index in [1.54, 1.807) is 19.2 Å². The highest BCUT2D eigenvalue weighted by Gasteiger charge is 2.28. The van der Waals surface area contributed by atoms with Crippen molar-refractivity contribution in [3.63, 3.8) is 0 Å². The Morgan fingerprint density at radius 1 is 1.12 bits per heavy atom. The average molecular weight is 456 g/mol. The summed E-state index contributed by atoms with van der Waals surface area (Å²) >= 11 is 0. The lowest BCUT2D eigenvalue weighted by atomic mass is 9.93. The van der Waals surface area contributed by atoms with Crippen LogP contribution < -0.4 is 10.1 Å². The van der Waals surface area contributed by atoms with Gasteiger partial charge in [-0.3, -0.25) is 4.79 Å². The van der Waals surface area contributed by atoms with Gasteiger partial charge < -0.3 is 9.73 Å². The number of pyridine rings is 1. The van der Waals surface area contributed by atoms with E-state index in [9.17, 15) is 17.6 Å². The van der Waals surface area contributed by atoms with Crippen molar-refractivity contribution in [2.75, 3.05) is 5.32 Å². The first-order chi connectivity index (χ1) is 15.2. The topological polar surface area (TPSA) is 114 Å². The minimum atomic E-state index is -3.97. The molecule has 3 aromatic rings. The Balaban J connectivity index is 1.59. The standard InChI is InChI=1S/C22H21FN4O4S/c1-13-6-11-19(24-12-13)25-22(28)21-14(2)20-17(4-3-5-18(20)31-21)26-27-32(29,30)16-9-7-15(23)8-10-16/h6-12,27H,3-5H2,1-2H3,(H,24,25,28)/b26-17+. The number of fused-ring (bicyclic) bond motifs is 1. The molecule has 1 aliphatic carbocycles. The predicted octanol–water partition coefficient (Wildman–Crippen LogP) is 3.70. The first-order valence-electron chi connectivity index (χ1n) is 9.95. The lowest BCUT2D eigenvalue weighted by Gasteiger charge is -2.14. The molecule has 32 heavy (non-hydrogen) atoms. The second-order valence-corrected chi connectivity index (χ2v) is 9.15. The Labute approximate surface area is 184 Å². The maximum absolute atomic E-state index is 13.1. The fourth-order valence-corrected chi connectivity index (χ4v) is 4.32. The lowest BCUT2D eigenvalue weighted by Crippen LogP contribution is -2.22. The Kier molecular flexibility index (Phi) is 5.79. The number of hydrogen-bond acceptors (Lipinski definition) is 6. The largest absolute Gasteiger partial charge is 0.455 e. The molecular weight excluding hydrogens is 435 g/mol. The van der Waals surface area contributed by atoms with Crippen molar-refractivity contribution in [1.82, 2.24) is 9.82 Å². The smallest absolute Gasteiger partial charge is 0.292 e. The van der Waals surface area contributed by atoms with Gasteiger partial charge in [0.25, 0.3) is 15.9 Å². The normalized spacial score (nSPS) is 14.8. The summed E-state index contributed by atoms with van der Waals surface area (Å²) in [6, 6.07) is 7.98. The summed E-state index contributed by atoms with van der Waals surface area (Å²) in [5.41, 5.74) is 2.64. The third kappa shape index (κ3) is 4.40. The van der Waals surface area contributed by atoms with Crippen LogP contribution >= 0.6 is 0 Å². The van der Waals surface area contributed by atoms with E-state index in [1.165, 1.54) is 0 Å². The number of hydrogen-bond donors (Lipinski definition) is 2. The van der Waals surface area contributed by atoms with Crippen LogP contribution in [0.15, 0.2) is 57.0 Å². The van der Waals surface area contributed by atoms with Crippen molar-refractivity contribution >= 4 is 27.5 Å². The van der Waals surface area contributed by atoms with Gasteiger partial charge in [-0.25, -0.2) is 9.37 Å². The molecule has 0 saturated carbocycles. The molecule has 0 unspecified atom stereocenters. The van der Waals surface area contributed by atoms with Crippen LogP contribution in [-0.2, 0) is 16.4 Å². The van der Waals surface area contributed by atoms with E-state index in [-0.39, 0.29) is 10.7 Å². The molecule has 2 aromatic heterocycles. The zero-order valence-corrected chi connectivity index (χ0v) is 18.3. The van der Waals surface area contributed by atoms with Gasteiger partial charge in [0, 0.05) is 23.7 Å². The van der Waals surface area contributed by atoms with Crippen molar-refractivity contribution in [3.8, 4) is 0 Å². The highest BCUT2D eigenvalue weighted by atomic mass is 32.2. The second-order valence-electron chi connectivity index (χ2n) is 7.49. The van der Waals surface area contributed by atoms with Gasteiger partial charge in [0.1, 0.15) is 17.4 Å². The SMILES string of the molecule is Cc1ccc(NC(=O)c2oc3c(c2C)/C(=N/NS(=O)(=O)c2ccc(F)cc2)CCC3)nc1. The fourth-order valence-electron chi connectivity index (χ4n) is 3.49. The van der Waals surface area contributed by atoms with Crippen molar-refractivity contribution in [3.05, 3.63) is 76.6 Å². The molecule has 1 aliphatic rings. The van der Waals surface area contributed by atoms with Gasteiger partial charge in [-0.1, -0.05) is 6.07 Å². The van der Waals surface area contributed by atoms with Gasteiger partial charge >= 0.3 is 0 Å². The van der Waals surface area contributed by atoms with Gasteiger partial charge in [0.2, 0.25) is 0 Å². The minimum Gasteiger partial charge on any atom is -0.455 e. The number of hydrazone groups is 1. The highest BCUT2D eigenvalue weighted by Crippen LogP contribution is 2.30. The number of nitrogens with zero attached hydrogens (tertiary/aromatic N) is 2. The molecule has 8 nitrogen and oxygen atoms in total. The average Bonchev–Trinajstić information content (AvgIpc) is 3.11. The first kappa shape index (κ1) is 21.7. The van der Waals surface area contributed by atoms with Crippen LogP contribution in [0.2, 0.25) is 0 Å². The number of furan rings is 1. The zero-order chi connectivity index (χ0) is 22.9. The summed E-state index contributed by atoms with van der Waals surface area (Å²) in [6.07, 6.45) is 3.46. The summed E-state index contributed by atoms with van der Waals surface area (Å²) in [6.45, 7) is 3.63. The number of sulfonamides is 1. The number of halogens is 1. The van der Waals surface area contributed by atoms with Crippen molar-refractivity contribution < 1.29 is 22.0 Å². The number of amides is 1. The van der Waals surface area contributed by atoms with Crippen molar-refractivity contribution in [2.24, 2.45) is 5.10 Å². The summed E-state index contributed by atoms with van der Waals surface area (Å²) < 4.78 is 43.9. The van der Waals surface area contributed by atoms with Gasteiger partial charge in [0.05, 0.1) is 10.6 Å². The molecule has 2 N–H and O–H groups in total. The second kappa shape index (κ2) is 8.54. The van der Waals surface area contributed by atoms with Crippen LogP contribution in [0.4, 0.5) is 10.2 Å². The first-order valence-corrected chi connectivity index (χ1v) is 11.4. The van der Waals surface area contributed by atoms with Crippen LogP contribution in [-0.4, -0.2) is 25.0 Å². The molecule has 0 radical (unpaired) electrons. The Morgan fingerprint density at radius 2 is 1.88 bits per heavy atom. The third-order valence-corrected chi connectivity index (χ3v) is 6.33. The fraction of sp³-hybridized carbons (Fsp3) is 0.227. The van der Waals surface area contributed by atoms with E-state index in [4.69, 9.17) is 4.42 Å². The van der Waals surface area contributed by atoms with Crippen LogP contribution in [0.25, 0.3) is 0 Å². The van der Waals surface area contributed by atoms with Gasteiger partial charge in [0.15, 0.2) is 5.76 Å². The minimum absolute atomic E-state index is 0.103. The molecule has 1 amide bonds. The molecule has 10 heteroatoms. The van der Waals surface area contributed by atoms with E-state index in [0.29, 0.717) is 47.7 Å². The van der Waals surface area contributed by atoms with Crippen LogP contribution in [0.3, 0.4) is 0 Å².